The van der Waals surface area contributed by atoms with Gasteiger partial charge in [0.15, 0.2) is 0 Å². The molecule has 0 spiro atoms. The maximum Gasteiger partial charge on any atom is 0.232 e. The summed E-state index contributed by atoms with van der Waals surface area (Å²) in [5.41, 5.74) is 4.00. The molecule has 0 saturated heterocycles. The van der Waals surface area contributed by atoms with Crippen LogP contribution in [0, 0.1) is 0 Å². The second-order valence-electron chi connectivity index (χ2n) is 5.92. The van der Waals surface area contributed by atoms with Crippen LogP contribution in [0.2, 0.25) is 10.6 Å². The van der Waals surface area contributed by atoms with Crippen LogP contribution < -0.4 is 5.32 Å². The average Bonchev–Trinajstić information content (AvgIpc) is 2.73. The molecule has 0 radical (unpaired) electrons. The molecular formula is C21H14Cl2N6. The second-order valence-corrected chi connectivity index (χ2v) is 6.60. The summed E-state index contributed by atoms with van der Waals surface area (Å²) >= 11 is 11.8. The summed E-state index contributed by atoms with van der Waals surface area (Å²) < 4.78 is 0. The number of rotatable bonds is 5. The largest absolute Gasteiger partial charge is 0.323 e. The van der Waals surface area contributed by atoms with Gasteiger partial charge in [-0.3, -0.25) is 0 Å². The fraction of sp³-hybridized carbons (Fsp3) is 0. The number of halogens is 2. The minimum absolute atomic E-state index is 0.00804. The Labute approximate surface area is 177 Å². The van der Waals surface area contributed by atoms with E-state index in [9.17, 15) is 0 Å². The highest BCUT2D eigenvalue weighted by atomic mass is 35.5. The number of benzene rings is 3. The normalized spacial score (nSPS) is 11.0. The van der Waals surface area contributed by atoms with Crippen LogP contribution in [0.5, 0.6) is 0 Å². The van der Waals surface area contributed by atoms with Crippen LogP contribution in [0.1, 0.15) is 0 Å². The standard InChI is InChI=1S/C21H14Cl2N6/c22-19-25-20(23)27-21(26-19)24-16-12-7-13-17(18(16)14-8-3-1-4-9-14)29-28-15-10-5-2-6-11-15/h1-13H,(H,24,25,26,27). The predicted octanol–water partition coefficient (Wildman–Crippen LogP) is 7.00. The fourth-order valence-electron chi connectivity index (χ4n) is 2.74. The number of aromatic nitrogens is 3. The molecule has 0 unspecified atom stereocenters. The van der Waals surface area contributed by atoms with E-state index in [1.165, 1.54) is 0 Å². The molecule has 0 saturated carbocycles. The van der Waals surface area contributed by atoms with Gasteiger partial charge in [0.1, 0.15) is 0 Å². The quantitative estimate of drug-likeness (QED) is 0.352. The maximum atomic E-state index is 5.90. The van der Waals surface area contributed by atoms with E-state index in [0.29, 0.717) is 5.69 Å². The minimum atomic E-state index is 0.00804. The summed E-state index contributed by atoms with van der Waals surface area (Å²) in [6, 6.07) is 25.1. The highest BCUT2D eigenvalue weighted by Gasteiger charge is 2.13. The van der Waals surface area contributed by atoms with Gasteiger partial charge in [-0.2, -0.15) is 20.1 Å². The van der Waals surface area contributed by atoms with Gasteiger partial charge in [-0.25, -0.2) is 0 Å². The summed E-state index contributed by atoms with van der Waals surface area (Å²) in [5, 5.41) is 12.0. The van der Waals surface area contributed by atoms with Crippen LogP contribution >= 0.6 is 23.2 Å². The lowest BCUT2D eigenvalue weighted by molar-refractivity contribution is 1.05. The third kappa shape index (κ3) is 4.74. The number of hydrogen-bond acceptors (Lipinski definition) is 6. The molecule has 0 fully saturated rings. The Balaban J connectivity index is 1.79. The Kier molecular flexibility index (Phi) is 5.74. The third-order valence-electron chi connectivity index (χ3n) is 3.96. The van der Waals surface area contributed by atoms with Crippen molar-refractivity contribution < 1.29 is 0 Å². The SMILES string of the molecule is Clc1nc(Cl)nc(Nc2cccc(N=Nc3ccccc3)c2-c2ccccc2)n1. The summed E-state index contributed by atoms with van der Waals surface area (Å²) in [6.07, 6.45) is 0. The number of anilines is 2. The molecule has 8 heteroatoms. The fourth-order valence-corrected chi connectivity index (χ4v) is 3.11. The van der Waals surface area contributed by atoms with Gasteiger partial charge in [0, 0.05) is 5.56 Å². The lowest BCUT2D eigenvalue weighted by Crippen LogP contribution is -2.01. The lowest BCUT2D eigenvalue weighted by atomic mass is 10.0. The van der Waals surface area contributed by atoms with E-state index >= 15 is 0 Å². The smallest absolute Gasteiger partial charge is 0.232 e. The third-order valence-corrected chi connectivity index (χ3v) is 4.30. The van der Waals surface area contributed by atoms with Crippen molar-refractivity contribution in [1.29, 1.82) is 0 Å². The molecule has 1 aromatic heterocycles. The van der Waals surface area contributed by atoms with E-state index in [2.05, 4.69) is 30.5 Å². The Morgan fingerprint density at radius 2 is 1.31 bits per heavy atom. The Morgan fingerprint density at radius 1 is 0.655 bits per heavy atom. The first-order valence-corrected chi connectivity index (χ1v) is 9.44. The molecule has 0 aliphatic carbocycles. The van der Waals surface area contributed by atoms with Crippen molar-refractivity contribution in [3.05, 3.63) is 89.4 Å². The van der Waals surface area contributed by atoms with E-state index in [1.54, 1.807) is 0 Å². The molecule has 0 atom stereocenters. The molecule has 3 aromatic carbocycles. The maximum absolute atomic E-state index is 5.90. The molecule has 4 aromatic rings. The van der Waals surface area contributed by atoms with Gasteiger partial charge in [-0.15, -0.1) is 5.11 Å². The average molecular weight is 421 g/mol. The van der Waals surface area contributed by atoms with Crippen molar-refractivity contribution in [3.63, 3.8) is 0 Å². The molecule has 0 amide bonds. The number of nitrogens with one attached hydrogen (secondary N) is 1. The highest BCUT2D eigenvalue weighted by molar-refractivity contribution is 6.31. The zero-order valence-electron chi connectivity index (χ0n) is 15.0. The van der Waals surface area contributed by atoms with E-state index in [4.69, 9.17) is 23.2 Å². The van der Waals surface area contributed by atoms with Gasteiger partial charge in [-0.05, 0) is 53.0 Å². The summed E-state index contributed by atoms with van der Waals surface area (Å²) in [7, 11) is 0. The van der Waals surface area contributed by atoms with Crippen LogP contribution in [0.15, 0.2) is 89.1 Å². The van der Waals surface area contributed by atoms with Gasteiger partial charge in [-0.1, -0.05) is 54.6 Å². The molecule has 6 nitrogen and oxygen atoms in total. The monoisotopic (exact) mass is 420 g/mol. The van der Waals surface area contributed by atoms with Crippen molar-refractivity contribution in [3.8, 4) is 11.1 Å². The van der Waals surface area contributed by atoms with E-state index in [0.717, 1.165) is 22.5 Å². The Morgan fingerprint density at radius 3 is 2.00 bits per heavy atom. The van der Waals surface area contributed by atoms with Crippen molar-refractivity contribution in [2.24, 2.45) is 10.2 Å². The van der Waals surface area contributed by atoms with Gasteiger partial charge >= 0.3 is 0 Å². The van der Waals surface area contributed by atoms with Gasteiger partial charge in [0.2, 0.25) is 16.5 Å². The minimum Gasteiger partial charge on any atom is -0.323 e. The number of hydrogen-bond donors (Lipinski definition) is 1. The van der Waals surface area contributed by atoms with E-state index < -0.39 is 0 Å². The second kappa shape index (κ2) is 8.77. The van der Waals surface area contributed by atoms with Crippen LogP contribution in [0.4, 0.5) is 23.0 Å². The van der Waals surface area contributed by atoms with Crippen molar-refractivity contribution in [2.75, 3.05) is 5.32 Å². The van der Waals surface area contributed by atoms with Crippen molar-refractivity contribution >= 4 is 46.2 Å². The van der Waals surface area contributed by atoms with Crippen molar-refractivity contribution in [2.45, 2.75) is 0 Å². The first-order valence-electron chi connectivity index (χ1n) is 8.68. The van der Waals surface area contributed by atoms with Gasteiger partial charge < -0.3 is 5.32 Å². The van der Waals surface area contributed by atoms with Crippen LogP contribution in [0.3, 0.4) is 0 Å². The molecule has 0 aliphatic heterocycles. The van der Waals surface area contributed by atoms with Crippen LogP contribution in [-0.4, -0.2) is 15.0 Å². The zero-order chi connectivity index (χ0) is 20.1. The molecule has 29 heavy (non-hydrogen) atoms. The predicted molar refractivity (Wildman–Crippen MR) is 116 cm³/mol. The molecule has 0 aliphatic rings. The van der Waals surface area contributed by atoms with Crippen molar-refractivity contribution in [1.82, 2.24) is 15.0 Å². The molecule has 4 rings (SSSR count). The van der Waals surface area contributed by atoms with Crippen LogP contribution in [-0.2, 0) is 0 Å². The van der Waals surface area contributed by atoms with Gasteiger partial charge in [0.25, 0.3) is 0 Å². The molecule has 1 heterocycles. The number of azo groups is 1. The summed E-state index contributed by atoms with van der Waals surface area (Å²) in [5.74, 6) is 0.240. The molecular weight excluding hydrogens is 407 g/mol. The Hall–Kier alpha value is -3.35. The molecule has 142 valence electrons. The highest BCUT2D eigenvalue weighted by Crippen LogP contribution is 2.38. The first kappa shape index (κ1) is 19.0. The van der Waals surface area contributed by atoms with Crippen LogP contribution in [0.25, 0.3) is 11.1 Å². The molecule has 1 N–H and O–H groups in total. The molecule has 0 bridgehead atoms. The van der Waals surface area contributed by atoms with Gasteiger partial charge in [0.05, 0.1) is 17.1 Å². The lowest BCUT2D eigenvalue weighted by Gasteiger charge is -2.13. The number of nitrogens with zero attached hydrogens (tertiary/aromatic N) is 5. The summed E-state index contributed by atoms with van der Waals surface area (Å²) in [4.78, 5) is 11.9. The first-order chi connectivity index (χ1) is 14.2. The Bertz CT molecular complexity index is 1130. The zero-order valence-corrected chi connectivity index (χ0v) is 16.5. The topological polar surface area (TPSA) is 75.4 Å². The van der Waals surface area contributed by atoms with E-state index in [-0.39, 0.29) is 16.5 Å². The summed E-state index contributed by atoms with van der Waals surface area (Å²) in [6.45, 7) is 0. The van der Waals surface area contributed by atoms with E-state index in [1.807, 2.05) is 78.9 Å².